The van der Waals surface area contributed by atoms with Crippen molar-refractivity contribution in [1.29, 1.82) is 0 Å². The Morgan fingerprint density at radius 1 is 1.11 bits per heavy atom. The summed E-state index contributed by atoms with van der Waals surface area (Å²) in [7, 11) is 0. The Hall–Kier alpha value is -0.580. The molecule has 0 amide bonds. The van der Waals surface area contributed by atoms with Gasteiger partial charge in [-0.3, -0.25) is 0 Å². The van der Waals surface area contributed by atoms with Crippen LogP contribution >= 0.6 is 45.9 Å². The average Bonchev–Trinajstić information content (AvgIpc) is 2.92. The van der Waals surface area contributed by atoms with Crippen molar-refractivity contribution in [3.8, 4) is 0 Å². The minimum absolute atomic E-state index is 0.420. The fourth-order valence-electron chi connectivity index (χ4n) is 1.80. The molecule has 3 aromatic rings. The minimum atomic E-state index is -0.721. The van der Waals surface area contributed by atoms with E-state index in [-0.39, 0.29) is 0 Å². The monoisotopic (exact) mass is 314 g/mol. The minimum Gasteiger partial charge on any atom is -0.383 e. The standard InChI is InChI=1S/C13H8Cl2OS2/c14-8-3-1-2-7(12(8)15)13(16)11-6-10-9(18-11)4-5-17-10/h1-6,13,16H. The van der Waals surface area contributed by atoms with E-state index in [1.807, 2.05) is 11.4 Å². The fourth-order valence-corrected chi connectivity index (χ4v) is 4.34. The summed E-state index contributed by atoms with van der Waals surface area (Å²) in [6, 6.07) is 9.37. The van der Waals surface area contributed by atoms with Gasteiger partial charge in [-0.25, -0.2) is 0 Å². The van der Waals surface area contributed by atoms with Gasteiger partial charge in [0.1, 0.15) is 6.10 Å². The second-order valence-corrected chi connectivity index (χ2v) is 6.69. The van der Waals surface area contributed by atoms with Gasteiger partial charge in [0.05, 0.1) is 10.0 Å². The van der Waals surface area contributed by atoms with Crippen LogP contribution in [0.15, 0.2) is 35.7 Å². The molecule has 0 spiro atoms. The van der Waals surface area contributed by atoms with Crippen LogP contribution in [0.2, 0.25) is 10.0 Å². The molecule has 0 fully saturated rings. The summed E-state index contributed by atoms with van der Waals surface area (Å²) < 4.78 is 2.37. The zero-order valence-corrected chi connectivity index (χ0v) is 12.2. The summed E-state index contributed by atoms with van der Waals surface area (Å²) in [5.41, 5.74) is 0.651. The highest BCUT2D eigenvalue weighted by molar-refractivity contribution is 7.26. The lowest BCUT2D eigenvalue weighted by molar-refractivity contribution is 0.224. The van der Waals surface area contributed by atoms with Crippen LogP contribution in [0.5, 0.6) is 0 Å². The summed E-state index contributed by atoms with van der Waals surface area (Å²) in [5, 5.41) is 13.3. The Morgan fingerprint density at radius 2 is 1.94 bits per heavy atom. The van der Waals surface area contributed by atoms with Gasteiger partial charge in [-0.05, 0) is 23.6 Å². The van der Waals surface area contributed by atoms with Gasteiger partial charge in [0.25, 0.3) is 0 Å². The molecule has 0 aliphatic rings. The third-order valence-electron chi connectivity index (χ3n) is 2.70. The number of aliphatic hydroxyl groups is 1. The highest BCUT2D eigenvalue weighted by Crippen LogP contribution is 2.39. The van der Waals surface area contributed by atoms with E-state index in [9.17, 15) is 5.11 Å². The Labute approximate surface area is 122 Å². The lowest BCUT2D eigenvalue weighted by Gasteiger charge is -2.11. The molecule has 3 rings (SSSR count). The van der Waals surface area contributed by atoms with E-state index in [2.05, 4.69) is 6.07 Å². The molecule has 1 atom stereocenters. The Bertz CT molecular complexity index is 673. The number of halogens is 2. The zero-order chi connectivity index (χ0) is 12.7. The van der Waals surface area contributed by atoms with Crippen LogP contribution in [0.3, 0.4) is 0 Å². The molecule has 0 saturated heterocycles. The van der Waals surface area contributed by atoms with E-state index in [0.29, 0.717) is 15.6 Å². The maximum atomic E-state index is 10.4. The molecule has 92 valence electrons. The van der Waals surface area contributed by atoms with Crippen LogP contribution in [0.1, 0.15) is 16.5 Å². The van der Waals surface area contributed by atoms with Gasteiger partial charge in [0.2, 0.25) is 0 Å². The molecule has 0 aliphatic heterocycles. The quantitative estimate of drug-likeness (QED) is 0.676. The van der Waals surface area contributed by atoms with Gasteiger partial charge < -0.3 is 5.11 Å². The van der Waals surface area contributed by atoms with Crippen molar-refractivity contribution >= 4 is 55.3 Å². The zero-order valence-electron chi connectivity index (χ0n) is 9.06. The molecule has 0 aliphatic carbocycles. The third-order valence-corrected chi connectivity index (χ3v) is 5.68. The summed E-state index contributed by atoms with van der Waals surface area (Å²) in [6.45, 7) is 0. The highest BCUT2D eigenvalue weighted by atomic mass is 35.5. The topological polar surface area (TPSA) is 20.2 Å². The lowest BCUT2D eigenvalue weighted by Crippen LogP contribution is -1.98. The van der Waals surface area contributed by atoms with Crippen molar-refractivity contribution in [1.82, 2.24) is 0 Å². The number of thiophene rings is 2. The molecule has 1 aromatic carbocycles. The van der Waals surface area contributed by atoms with Crippen LogP contribution in [0.25, 0.3) is 9.40 Å². The van der Waals surface area contributed by atoms with Crippen molar-refractivity contribution in [2.24, 2.45) is 0 Å². The molecule has 0 bridgehead atoms. The fraction of sp³-hybridized carbons (Fsp3) is 0.0769. The van der Waals surface area contributed by atoms with Crippen molar-refractivity contribution in [2.45, 2.75) is 6.10 Å². The summed E-state index contributed by atoms with van der Waals surface area (Å²) in [6.07, 6.45) is -0.721. The second kappa shape index (κ2) is 4.83. The van der Waals surface area contributed by atoms with Gasteiger partial charge in [-0.1, -0.05) is 35.3 Å². The van der Waals surface area contributed by atoms with Gasteiger partial charge in [0.15, 0.2) is 0 Å². The van der Waals surface area contributed by atoms with E-state index < -0.39 is 6.10 Å². The first-order valence-electron chi connectivity index (χ1n) is 5.25. The molecule has 1 nitrogen and oxygen atoms in total. The molecule has 5 heteroatoms. The molecule has 2 heterocycles. The largest absolute Gasteiger partial charge is 0.383 e. The summed E-state index contributed by atoms with van der Waals surface area (Å²) in [4.78, 5) is 0.890. The maximum Gasteiger partial charge on any atom is 0.115 e. The third kappa shape index (κ3) is 2.06. The highest BCUT2D eigenvalue weighted by Gasteiger charge is 2.18. The lowest BCUT2D eigenvalue weighted by atomic mass is 10.1. The van der Waals surface area contributed by atoms with Crippen LogP contribution in [0, 0.1) is 0 Å². The van der Waals surface area contributed by atoms with E-state index in [1.165, 1.54) is 9.40 Å². The molecular weight excluding hydrogens is 307 g/mol. The van der Waals surface area contributed by atoms with Gasteiger partial charge >= 0.3 is 0 Å². The number of aliphatic hydroxyl groups excluding tert-OH is 1. The smallest absolute Gasteiger partial charge is 0.115 e. The molecule has 0 radical (unpaired) electrons. The first-order valence-corrected chi connectivity index (χ1v) is 7.71. The molecule has 1 unspecified atom stereocenters. The Balaban J connectivity index is 2.06. The molecule has 2 aromatic heterocycles. The Morgan fingerprint density at radius 3 is 2.72 bits per heavy atom. The average molecular weight is 315 g/mol. The van der Waals surface area contributed by atoms with E-state index in [4.69, 9.17) is 23.2 Å². The first kappa shape index (κ1) is 12.5. The van der Waals surface area contributed by atoms with Crippen molar-refractivity contribution in [3.05, 3.63) is 56.2 Å². The summed E-state index contributed by atoms with van der Waals surface area (Å²) >= 11 is 15.3. The molecule has 0 saturated carbocycles. The van der Waals surface area contributed by atoms with E-state index >= 15 is 0 Å². The second-order valence-electron chi connectivity index (χ2n) is 3.84. The van der Waals surface area contributed by atoms with Crippen molar-refractivity contribution < 1.29 is 5.11 Å². The van der Waals surface area contributed by atoms with Crippen LogP contribution in [-0.2, 0) is 0 Å². The number of benzene rings is 1. The number of hydrogen-bond acceptors (Lipinski definition) is 3. The number of fused-ring (bicyclic) bond motifs is 1. The van der Waals surface area contributed by atoms with Gasteiger partial charge in [0, 0.05) is 19.8 Å². The maximum absolute atomic E-state index is 10.4. The van der Waals surface area contributed by atoms with E-state index in [0.717, 1.165) is 4.88 Å². The van der Waals surface area contributed by atoms with Gasteiger partial charge in [-0.2, -0.15) is 0 Å². The van der Waals surface area contributed by atoms with Crippen molar-refractivity contribution in [2.75, 3.05) is 0 Å². The first-order chi connectivity index (χ1) is 8.66. The van der Waals surface area contributed by atoms with Gasteiger partial charge in [-0.15, -0.1) is 22.7 Å². The number of hydrogen-bond donors (Lipinski definition) is 1. The Kier molecular flexibility index (Phi) is 3.34. The predicted octanol–water partition coefficient (Wildman–Crippen LogP) is 5.35. The van der Waals surface area contributed by atoms with Crippen LogP contribution in [-0.4, -0.2) is 5.11 Å². The van der Waals surface area contributed by atoms with Crippen molar-refractivity contribution in [3.63, 3.8) is 0 Å². The normalized spacial score (nSPS) is 13.1. The molecular formula is C13H8Cl2OS2. The SMILES string of the molecule is OC(c1cc2sccc2s1)c1cccc(Cl)c1Cl. The summed E-state index contributed by atoms with van der Waals surface area (Å²) in [5.74, 6) is 0. The van der Waals surface area contributed by atoms with Crippen LogP contribution < -0.4 is 0 Å². The molecule has 18 heavy (non-hydrogen) atoms. The van der Waals surface area contributed by atoms with E-state index in [1.54, 1.807) is 40.9 Å². The number of rotatable bonds is 2. The van der Waals surface area contributed by atoms with Crippen LogP contribution in [0.4, 0.5) is 0 Å². The molecule has 1 N–H and O–H groups in total. The predicted molar refractivity (Wildman–Crippen MR) is 80.2 cm³/mol.